The SMILES string of the molecule is Cc1cccc(C(=O)Nc2cc(Cl)ccc2F)c1[N+](=O)[O-]. The van der Waals surface area contributed by atoms with Crippen molar-refractivity contribution >= 4 is 28.9 Å². The van der Waals surface area contributed by atoms with Gasteiger partial charge in [0.2, 0.25) is 0 Å². The first kappa shape index (κ1) is 14.9. The molecule has 21 heavy (non-hydrogen) atoms. The van der Waals surface area contributed by atoms with Gasteiger partial charge in [-0.05, 0) is 31.2 Å². The molecule has 0 heterocycles. The zero-order valence-electron chi connectivity index (χ0n) is 10.9. The highest BCUT2D eigenvalue weighted by Gasteiger charge is 2.23. The van der Waals surface area contributed by atoms with Crippen molar-refractivity contribution in [3.05, 3.63) is 68.5 Å². The smallest absolute Gasteiger partial charge is 0.285 e. The number of benzene rings is 2. The number of carbonyl (C=O) groups excluding carboxylic acids is 1. The van der Waals surface area contributed by atoms with Crippen molar-refractivity contribution in [1.82, 2.24) is 0 Å². The van der Waals surface area contributed by atoms with E-state index in [9.17, 15) is 19.3 Å². The molecule has 0 aliphatic heterocycles. The van der Waals surface area contributed by atoms with Crippen LogP contribution >= 0.6 is 11.6 Å². The molecule has 0 aliphatic carbocycles. The quantitative estimate of drug-likeness (QED) is 0.689. The molecule has 0 spiro atoms. The van der Waals surface area contributed by atoms with Crippen molar-refractivity contribution in [3.8, 4) is 0 Å². The van der Waals surface area contributed by atoms with Gasteiger partial charge in [0.25, 0.3) is 11.6 Å². The zero-order chi connectivity index (χ0) is 15.6. The average molecular weight is 309 g/mol. The summed E-state index contributed by atoms with van der Waals surface area (Å²) < 4.78 is 13.6. The Balaban J connectivity index is 2.40. The summed E-state index contributed by atoms with van der Waals surface area (Å²) in [5.41, 5.74) is -0.237. The molecule has 0 saturated heterocycles. The minimum Gasteiger partial charge on any atom is -0.319 e. The van der Waals surface area contributed by atoms with Crippen molar-refractivity contribution < 1.29 is 14.1 Å². The van der Waals surface area contributed by atoms with E-state index in [1.54, 1.807) is 0 Å². The number of aryl methyl sites for hydroxylation is 1. The van der Waals surface area contributed by atoms with Crippen LogP contribution in [0.5, 0.6) is 0 Å². The van der Waals surface area contributed by atoms with Gasteiger partial charge in [-0.3, -0.25) is 14.9 Å². The second kappa shape index (κ2) is 5.88. The van der Waals surface area contributed by atoms with Crippen LogP contribution in [0.15, 0.2) is 36.4 Å². The van der Waals surface area contributed by atoms with E-state index in [0.717, 1.165) is 6.07 Å². The summed E-state index contributed by atoms with van der Waals surface area (Å²) in [6.45, 7) is 1.52. The molecule has 0 fully saturated rings. The Hall–Kier alpha value is -2.47. The number of rotatable bonds is 3. The van der Waals surface area contributed by atoms with Crippen molar-refractivity contribution in [1.29, 1.82) is 0 Å². The lowest BCUT2D eigenvalue weighted by atomic mass is 10.1. The Bertz CT molecular complexity index is 734. The predicted molar refractivity (Wildman–Crippen MR) is 77.2 cm³/mol. The molecule has 5 nitrogen and oxygen atoms in total. The van der Waals surface area contributed by atoms with Gasteiger partial charge >= 0.3 is 0 Å². The van der Waals surface area contributed by atoms with E-state index in [4.69, 9.17) is 11.6 Å². The lowest BCUT2D eigenvalue weighted by molar-refractivity contribution is -0.385. The second-order valence-electron chi connectivity index (χ2n) is 4.31. The molecule has 2 rings (SSSR count). The zero-order valence-corrected chi connectivity index (χ0v) is 11.6. The number of hydrogen-bond acceptors (Lipinski definition) is 3. The van der Waals surface area contributed by atoms with Crippen LogP contribution in [0.25, 0.3) is 0 Å². The number of nitro groups is 1. The molecule has 1 amide bonds. The molecule has 0 atom stereocenters. The van der Waals surface area contributed by atoms with E-state index in [0.29, 0.717) is 5.56 Å². The predicted octanol–water partition coefficient (Wildman–Crippen LogP) is 3.95. The van der Waals surface area contributed by atoms with Crippen LogP contribution in [0.3, 0.4) is 0 Å². The fourth-order valence-electron chi connectivity index (χ4n) is 1.87. The standard InChI is InChI=1S/C14H10ClFN2O3/c1-8-3-2-4-10(13(8)18(20)21)14(19)17-12-7-9(15)5-6-11(12)16/h2-7H,1H3,(H,17,19). The number of halogens is 2. The molecule has 1 N–H and O–H groups in total. The Morgan fingerprint density at radius 2 is 2.05 bits per heavy atom. The van der Waals surface area contributed by atoms with Crippen molar-refractivity contribution in [2.45, 2.75) is 6.92 Å². The van der Waals surface area contributed by atoms with Gasteiger partial charge in [0.15, 0.2) is 0 Å². The lowest BCUT2D eigenvalue weighted by Gasteiger charge is -2.08. The molecule has 0 aromatic heterocycles. The Morgan fingerprint density at radius 1 is 1.33 bits per heavy atom. The fourth-order valence-corrected chi connectivity index (χ4v) is 2.04. The Labute approximate surface area is 124 Å². The third-order valence-electron chi connectivity index (χ3n) is 2.84. The highest BCUT2D eigenvalue weighted by molar-refractivity contribution is 6.31. The van der Waals surface area contributed by atoms with Crippen LogP contribution in [0, 0.1) is 22.9 Å². The number of amides is 1. The van der Waals surface area contributed by atoms with Crippen LogP contribution < -0.4 is 5.32 Å². The van der Waals surface area contributed by atoms with Gasteiger partial charge in [0, 0.05) is 10.6 Å². The maximum atomic E-state index is 13.6. The maximum absolute atomic E-state index is 13.6. The largest absolute Gasteiger partial charge is 0.319 e. The molecule has 108 valence electrons. The van der Waals surface area contributed by atoms with E-state index >= 15 is 0 Å². The Morgan fingerprint density at radius 3 is 2.71 bits per heavy atom. The van der Waals surface area contributed by atoms with Crippen LogP contribution in [0.2, 0.25) is 5.02 Å². The van der Waals surface area contributed by atoms with Gasteiger partial charge in [0.05, 0.1) is 10.6 Å². The van der Waals surface area contributed by atoms with Crippen molar-refractivity contribution in [3.63, 3.8) is 0 Å². The third-order valence-corrected chi connectivity index (χ3v) is 3.08. The molecular weight excluding hydrogens is 299 g/mol. The van der Waals surface area contributed by atoms with Gasteiger partial charge in [-0.25, -0.2) is 4.39 Å². The van der Waals surface area contributed by atoms with Gasteiger partial charge < -0.3 is 5.32 Å². The molecule has 0 bridgehead atoms. The molecule has 0 unspecified atom stereocenters. The third kappa shape index (κ3) is 3.17. The van der Waals surface area contributed by atoms with Crippen LogP contribution in [0.4, 0.5) is 15.8 Å². The number of anilines is 1. The first-order valence-corrected chi connectivity index (χ1v) is 6.28. The normalized spacial score (nSPS) is 10.2. The number of para-hydroxylation sites is 1. The summed E-state index contributed by atoms with van der Waals surface area (Å²) >= 11 is 5.73. The molecule has 0 aliphatic rings. The number of carbonyl (C=O) groups is 1. The van der Waals surface area contributed by atoms with Crippen LogP contribution in [-0.2, 0) is 0 Å². The van der Waals surface area contributed by atoms with Gasteiger partial charge in [-0.2, -0.15) is 0 Å². The Kier molecular flexibility index (Phi) is 4.18. The molecular formula is C14H10ClFN2O3. The summed E-state index contributed by atoms with van der Waals surface area (Å²) in [5, 5.41) is 13.6. The van der Waals surface area contributed by atoms with E-state index in [1.165, 1.54) is 37.3 Å². The topological polar surface area (TPSA) is 72.2 Å². The van der Waals surface area contributed by atoms with Gasteiger partial charge in [0.1, 0.15) is 11.4 Å². The minimum atomic E-state index is -0.772. The van der Waals surface area contributed by atoms with E-state index in [-0.39, 0.29) is 22.0 Å². The van der Waals surface area contributed by atoms with E-state index in [1.807, 2.05) is 0 Å². The first-order chi connectivity index (χ1) is 9.90. The van der Waals surface area contributed by atoms with Crippen molar-refractivity contribution in [2.75, 3.05) is 5.32 Å². The van der Waals surface area contributed by atoms with Crippen LogP contribution in [0.1, 0.15) is 15.9 Å². The maximum Gasteiger partial charge on any atom is 0.285 e. The molecule has 0 radical (unpaired) electrons. The highest BCUT2D eigenvalue weighted by Crippen LogP contribution is 2.25. The average Bonchev–Trinajstić information content (AvgIpc) is 2.42. The highest BCUT2D eigenvalue weighted by atomic mass is 35.5. The molecule has 2 aromatic carbocycles. The number of nitrogens with zero attached hydrogens (tertiary/aromatic N) is 1. The number of hydrogen-bond donors (Lipinski definition) is 1. The van der Waals surface area contributed by atoms with Crippen molar-refractivity contribution in [2.24, 2.45) is 0 Å². The molecule has 2 aromatic rings. The summed E-state index contributed by atoms with van der Waals surface area (Å²) in [7, 11) is 0. The number of nitrogens with one attached hydrogen (secondary N) is 1. The minimum absolute atomic E-state index is 0.136. The summed E-state index contributed by atoms with van der Waals surface area (Å²) in [6.07, 6.45) is 0. The van der Waals surface area contributed by atoms with E-state index < -0.39 is 16.6 Å². The lowest BCUT2D eigenvalue weighted by Crippen LogP contribution is -2.15. The van der Waals surface area contributed by atoms with Gasteiger partial charge in [-0.1, -0.05) is 23.7 Å². The molecule has 0 saturated carbocycles. The summed E-state index contributed by atoms with van der Waals surface area (Å²) in [4.78, 5) is 22.5. The summed E-state index contributed by atoms with van der Waals surface area (Å²) in [6, 6.07) is 8.02. The molecule has 7 heteroatoms. The monoisotopic (exact) mass is 308 g/mol. The van der Waals surface area contributed by atoms with E-state index in [2.05, 4.69) is 5.32 Å². The van der Waals surface area contributed by atoms with Crippen LogP contribution in [-0.4, -0.2) is 10.8 Å². The summed E-state index contributed by atoms with van der Waals surface area (Å²) in [5.74, 6) is -1.45. The fraction of sp³-hybridized carbons (Fsp3) is 0.0714. The first-order valence-electron chi connectivity index (χ1n) is 5.90. The number of nitro benzene ring substituents is 1. The second-order valence-corrected chi connectivity index (χ2v) is 4.74. The van der Waals surface area contributed by atoms with Gasteiger partial charge in [-0.15, -0.1) is 0 Å².